The van der Waals surface area contributed by atoms with E-state index in [1.807, 2.05) is 17.0 Å². The van der Waals surface area contributed by atoms with Gasteiger partial charge in [-0.2, -0.15) is 0 Å². The maximum absolute atomic E-state index is 12.4. The number of amides is 2. The summed E-state index contributed by atoms with van der Waals surface area (Å²) in [4.78, 5) is 27.3. The number of benzene rings is 1. The third kappa shape index (κ3) is 4.55. The SMILES string of the molecule is COc1cc(CCC(=O)N2CCN(C(C)=O)CC2)cc(OC)c1OC. The third-order valence-corrected chi connectivity index (χ3v) is 4.43. The first-order chi connectivity index (χ1) is 12.0. The summed E-state index contributed by atoms with van der Waals surface area (Å²) in [6, 6.07) is 3.73. The van der Waals surface area contributed by atoms with Gasteiger partial charge in [0.05, 0.1) is 21.3 Å². The highest BCUT2D eigenvalue weighted by atomic mass is 16.5. The Morgan fingerprint density at radius 1 is 0.920 bits per heavy atom. The number of aryl methyl sites for hydroxylation is 1. The average molecular weight is 350 g/mol. The minimum atomic E-state index is 0.0597. The number of piperazine rings is 1. The van der Waals surface area contributed by atoms with Crippen LogP contribution in [0.3, 0.4) is 0 Å². The summed E-state index contributed by atoms with van der Waals surface area (Å²) in [6.07, 6.45) is 0.987. The van der Waals surface area contributed by atoms with E-state index in [2.05, 4.69) is 0 Å². The van der Waals surface area contributed by atoms with Crippen LogP contribution in [0.4, 0.5) is 0 Å². The Morgan fingerprint density at radius 3 is 1.88 bits per heavy atom. The average Bonchev–Trinajstić information content (AvgIpc) is 2.64. The smallest absolute Gasteiger partial charge is 0.223 e. The number of carbonyl (C=O) groups is 2. The van der Waals surface area contributed by atoms with Crippen molar-refractivity contribution in [1.82, 2.24) is 9.80 Å². The van der Waals surface area contributed by atoms with E-state index in [9.17, 15) is 9.59 Å². The molecule has 2 rings (SSSR count). The molecule has 0 radical (unpaired) electrons. The number of rotatable bonds is 6. The highest BCUT2D eigenvalue weighted by Gasteiger charge is 2.22. The predicted molar refractivity (Wildman–Crippen MR) is 93.3 cm³/mol. The fourth-order valence-corrected chi connectivity index (χ4v) is 2.96. The summed E-state index contributed by atoms with van der Waals surface area (Å²) in [5.41, 5.74) is 0.949. The summed E-state index contributed by atoms with van der Waals surface area (Å²) in [5.74, 6) is 1.86. The Hall–Kier alpha value is -2.44. The van der Waals surface area contributed by atoms with E-state index in [1.54, 1.807) is 33.2 Å². The number of hydrogen-bond acceptors (Lipinski definition) is 5. The van der Waals surface area contributed by atoms with Crippen molar-refractivity contribution >= 4 is 11.8 Å². The van der Waals surface area contributed by atoms with Crippen LogP contribution in [0, 0.1) is 0 Å². The van der Waals surface area contributed by atoms with Crippen LogP contribution in [0.5, 0.6) is 17.2 Å². The van der Waals surface area contributed by atoms with Gasteiger partial charge in [-0.05, 0) is 24.1 Å². The fourth-order valence-electron chi connectivity index (χ4n) is 2.96. The quantitative estimate of drug-likeness (QED) is 0.774. The maximum Gasteiger partial charge on any atom is 0.223 e. The molecule has 0 unspecified atom stereocenters. The van der Waals surface area contributed by atoms with Gasteiger partial charge in [0.15, 0.2) is 11.5 Å². The van der Waals surface area contributed by atoms with Gasteiger partial charge in [-0.15, -0.1) is 0 Å². The van der Waals surface area contributed by atoms with Crippen molar-refractivity contribution in [2.45, 2.75) is 19.8 Å². The first-order valence-electron chi connectivity index (χ1n) is 8.32. The van der Waals surface area contributed by atoms with Gasteiger partial charge in [-0.3, -0.25) is 9.59 Å². The largest absolute Gasteiger partial charge is 0.493 e. The Morgan fingerprint density at radius 2 is 1.44 bits per heavy atom. The van der Waals surface area contributed by atoms with Crippen molar-refractivity contribution in [2.75, 3.05) is 47.5 Å². The number of ether oxygens (including phenoxy) is 3. The van der Waals surface area contributed by atoms with Gasteiger partial charge in [0, 0.05) is 39.5 Å². The van der Waals surface area contributed by atoms with Crippen molar-refractivity contribution < 1.29 is 23.8 Å². The zero-order valence-electron chi connectivity index (χ0n) is 15.3. The lowest BCUT2D eigenvalue weighted by molar-refractivity contribution is -0.138. The number of carbonyl (C=O) groups excluding carboxylic acids is 2. The van der Waals surface area contributed by atoms with E-state index in [4.69, 9.17) is 14.2 Å². The van der Waals surface area contributed by atoms with Crippen LogP contribution in [-0.2, 0) is 16.0 Å². The topological polar surface area (TPSA) is 68.3 Å². The first kappa shape index (κ1) is 18.9. The standard InChI is InChI=1S/C18H26N2O5/c1-13(21)19-7-9-20(10-8-19)17(22)6-5-14-11-15(23-2)18(25-4)16(12-14)24-3/h11-12H,5-10H2,1-4H3. The second-order valence-corrected chi connectivity index (χ2v) is 5.92. The highest BCUT2D eigenvalue weighted by molar-refractivity contribution is 5.77. The van der Waals surface area contributed by atoms with Crippen LogP contribution in [0.15, 0.2) is 12.1 Å². The maximum atomic E-state index is 12.4. The molecular formula is C18H26N2O5. The minimum Gasteiger partial charge on any atom is -0.493 e. The lowest BCUT2D eigenvalue weighted by atomic mass is 10.1. The summed E-state index contributed by atoms with van der Waals surface area (Å²) >= 11 is 0. The van der Waals surface area contributed by atoms with Gasteiger partial charge in [-0.25, -0.2) is 0 Å². The molecule has 1 aromatic rings. The highest BCUT2D eigenvalue weighted by Crippen LogP contribution is 2.38. The second-order valence-electron chi connectivity index (χ2n) is 5.92. The van der Waals surface area contributed by atoms with E-state index in [0.29, 0.717) is 56.3 Å². The lowest BCUT2D eigenvalue weighted by Crippen LogP contribution is -2.50. The normalized spacial score (nSPS) is 14.2. The monoisotopic (exact) mass is 350 g/mol. The van der Waals surface area contributed by atoms with Crippen LogP contribution in [0.2, 0.25) is 0 Å². The molecule has 0 aliphatic carbocycles. The number of methoxy groups -OCH3 is 3. The molecule has 1 saturated heterocycles. The number of hydrogen-bond donors (Lipinski definition) is 0. The molecule has 25 heavy (non-hydrogen) atoms. The molecule has 1 heterocycles. The molecule has 0 saturated carbocycles. The zero-order valence-corrected chi connectivity index (χ0v) is 15.3. The van der Waals surface area contributed by atoms with Crippen molar-refractivity contribution in [1.29, 1.82) is 0 Å². The van der Waals surface area contributed by atoms with E-state index >= 15 is 0 Å². The number of nitrogens with zero attached hydrogens (tertiary/aromatic N) is 2. The third-order valence-electron chi connectivity index (χ3n) is 4.43. The molecule has 1 aromatic carbocycles. The second kappa shape index (κ2) is 8.60. The zero-order chi connectivity index (χ0) is 18.4. The van der Waals surface area contributed by atoms with Crippen LogP contribution in [0.1, 0.15) is 18.9 Å². The van der Waals surface area contributed by atoms with Gasteiger partial charge in [0.1, 0.15) is 0 Å². The lowest BCUT2D eigenvalue weighted by Gasteiger charge is -2.34. The Bertz CT molecular complexity index is 599. The summed E-state index contributed by atoms with van der Waals surface area (Å²) in [6.45, 7) is 3.94. The molecule has 1 aliphatic heterocycles. The summed E-state index contributed by atoms with van der Waals surface area (Å²) in [7, 11) is 4.70. The van der Waals surface area contributed by atoms with Crippen LogP contribution in [-0.4, -0.2) is 69.1 Å². The van der Waals surface area contributed by atoms with Crippen LogP contribution in [0.25, 0.3) is 0 Å². The van der Waals surface area contributed by atoms with Gasteiger partial charge in [-0.1, -0.05) is 0 Å². The molecule has 0 atom stereocenters. The van der Waals surface area contributed by atoms with E-state index in [0.717, 1.165) is 5.56 Å². The Balaban J connectivity index is 1.97. The molecular weight excluding hydrogens is 324 g/mol. The molecule has 2 amide bonds. The Labute approximate surface area is 148 Å². The molecule has 7 nitrogen and oxygen atoms in total. The van der Waals surface area contributed by atoms with E-state index in [-0.39, 0.29) is 11.8 Å². The predicted octanol–water partition coefficient (Wildman–Crippen LogP) is 1.34. The molecule has 0 bridgehead atoms. The molecule has 138 valence electrons. The van der Waals surface area contributed by atoms with Crippen molar-refractivity contribution in [2.24, 2.45) is 0 Å². The summed E-state index contributed by atoms with van der Waals surface area (Å²) < 4.78 is 16.0. The fraction of sp³-hybridized carbons (Fsp3) is 0.556. The molecule has 1 fully saturated rings. The van der Waals surface area contributed by atoms with Gasteiger partial charge >= 0.3 is 0 Å². The van der Waals surface area contributed by atoms with Crippen LogP contribution < -0.4 is 14.2 Å². The molecule has 0 N–H and O–H groups in total. The van der Waals surface area contributed by atoms with Crippen LogP contribution >= 0.6 is 0 Å². The van der Waals surface area contributed by atoms with Crippen molar-refractivity contribution in [3.63, 3.8) is 0 Å². The van der Waals surface area contributed by atoms with Crippen molar-refractivity contribution in [3.05, 3.63) is 17.7 Å². The van der Waals surface area contributed by atoms with E-state index < -0.39 is 0 Å². The Kier molecular flexibility index (Phi) is 6.50. The first-order valence-corrected chi connectivity index (χ1v) is 8.32. The molecule has 7 heteroatoms. The van der Waals surface area contributed by atoms with E-state index in [1.165, 1.54) is 0 Å². The minimum absolute atomic E-state index is 0.0597. The van der Waals surface area contributed by atoms with Gasteiger partial charge < -0.3 is 24.0 Å². The summed E-state index contributed by atoms with van der Waals surface area (Å²) in [5, 5.41) is 0. The van der Waals surface area contributed by atoms with Gasteiger partial charge in [0.25, 0.3) is 0 Å². The molecule has 0 spiro atoms. The molecule has 1 aliphatic rings. The van der Waals surface area contributed by atoms with Gasteiger partial charge in [0.2, 0.25) is 17.6 Å². The van der Waals surface area contributed by atoms with Crippen molar-refractivity contribution in [3.8, 4) is 17.2 Å². The molecule has 0 aromatic heterocycles.